The SMILES string of the molecule is CCOCCOc1cccc(NCc2ccco2)c1. The highest BCUT2D eigenvalue weighted by atomic mass is 16.5. The zero-order chi connectivity index (χ0) is 13.3. The van der Waals surface area contributed by atoms with Gasteiger partial charge in [-0.05, 0) is 31.2 Å². The van der Waals surface area contributed by atoms with E-state index in [1.165, 1.54) is 0 Å². The van der Waals surface area contributed by atoms with Gasteiger partial charge < -0.3 is 19.2 Å². The van der Waals surface area contributed by atoms with E-state index in [4.69, 9.17) is 13.9 Å². The summed E-state index contributed by atoms with van der Waals surface area (Å²) in [5.74, 6) is 1.74. The number of furan rings is 1. The van der Waals surface area contributed by atoms with Crippen LogP contribution in [0.3, 0.4) is 0 Å². The lowest BCUT2D eigenvalue weighted by Gasteiger charge is -2.09. The second-order valence-corrected chi connectivity index (χ2v) is 4.01. The number of benzene rings is 1. The Morgan fingerprint density at radius 2 is 2.11 bits per heavy atom. The predicted octanol–water partition coefficient (Wildman–Crippen LogP) is 3.31. The fraction of sp³-hybridized carbons (Fsp3) is 0.333. The fourth-order valence-electron chi connectivity index (χ4n) is 1.66. The Labute approximate surface area is 113 Å². The normalized spacial score (nSPS) is 10.4. The quantitative estimate of drug-likeness (QED) is 0.740. The van der Waals surface area contributed by atoms with E-state index in [0.29, 0.717) is 26.4 Å². The van der Waals surface area contributed by atoms with Gasteiger partial charge in [-0.1, -0.05) is 6.07 Å². The molecule has 0 amide bonds. The molecule has 0 aliphatic rings. The first-order valence-electron chi connectivity index (χ1n) is 6.45. The molecule has 1 heterocycles. The van der Waals surface area contributed by atoms with E-state index in [1.807, 2.05) is 43.3 Å². The molecule has 1 aromatic heterocycles. The second kappa shape index (κ2) is 7.48. The molecule has 0 spiro atoms. The van der Waals surface area contributed by atoms with Crippen molar-refractivity contribution < 1.29 is 13.9 Å². The van der Waals surface area contributed by atoms with Crippen LogP contribution in [-0.2, 0) is 11.3 Å². The highest BCUT2D eigenvalue weighted by molar-refractivity contribution is 5.48. The van der Waals surface area contributed by atoms with Crippen molar-refractivity contribution in [3.8, 4) is 5.75 Å². The molecule has 0 atom stereocenters. The third-order valence-electron chi connectivity index (χ3n) is 2.58. The van der Waals surface area contributed by atoms with Crippen LogP contribution in [0.4, 0.5) is 5.69 Å². The maximum Gasteiger partial charge on any atom is 0.122 e. The molecule has 19 heavy (non-hydrogen) atoms. The second-order valence-electron chi connectivity index (χ2n) is 4.01. The van der Waals surface area contributed by atoms with E-state index >= 15 is 0 Å². The summed E-state index contributed by atoms with van der Waals surface area (Å²) in [6.07, 6.45) is 1.67. The first kappa shape index (κ1) is 13.5. The molecule has 4 nitrogen and oxygen atoms in total. The van der Waals surface area contributed by atoms with Gasteiger partial charge in [-0.2, -0.15) is 0 Å². The van der Waals surface area contributed by atoms with Crippen LogP contribution in [-0.4, -0.2) is 19.8 Å². The Balaban J connectivity index is 1.81. The van der Waals surface area contributed by atoms with Gasteiger partial charge in [0.2, 0.25) is 0 Å². The monoisotopic (exact) mass is 261 g/mol. The summed E-state index contributed by atoms with van der Waals surface area (Å²) in [4.78, 5) is 0. The van der Waals surface area contributed by atoms with Crippen molar-refractivity contribution in [2.75, 3.05) is 25.1 Å². The van der Waals surface area contributed by atoms with Crippen molar-refractivity contribution in [3.05, 3.63) is 48.4 Å². The maximum absolute atomic E-state index is 5.60. The molecule has 2 rings (SSSR count). The Morgan fingerprint density at radius 1 is 1.16 bits per heavy atom. The standard InChI is InChI=1S/C15H19NO3/c1-2-17-9-10-19-14-6-3-5-13(11-14)16-12-15-7-4-8-18-15/h3-8,11,16H,2,9-10,12H2,1H3. The van der Waals surface area contributed by atoms with Crippen LogP contribution in [0.15, 0.2) is 47.1 Å². The van der Waals surface area contributed by atoms with E-state index in [9.17, 15) is 0 Å². The lowest BCUT2D eigenvalue weighted by atomic mass is 10.3. The third kappa shape index (κ3) is 4.67. The van der Waals surface area contributed by atoms with Gasteiger partial charge >= 0.3 is 0 Å². The minimum atomic E-state index is 0.565. The molecule has 4 heteroatoms. The molecule has 102 valence electrons. The zero-order valence-electron chi connectivity index (χ0n) is 11.1. The Bertz CT molecular complexity index is 468. The number of ether oxygens (including phenoxy) is 2. The average molecular weight is 261 g/mol. The van der Waals surface area contributed by atoms with E-state index in [2.05, 4.69) is 5.32 Å². The average Bonchev–Trinajstić information content (AvgIpc) is 2.95. The smallest absolute Gasteiger partial charge is 0.122 e. The van der Waals surface area contributed by atoms with Gasteiger partial charge in [-0.3, -0.25) is 0 Å². The lowest BCUT2D eigenvalue weighted by molar-refractivity contribution is 0.110. The number of hydrogen-bond donors (Lipinski definition) is 1. The summed E-state index contributed by atoms with van der Waals surface area (Å²) >= 11 is 0. The summed E-state index contributed by atoms with van der Waals surface area (Å²) in [6.45, 7) is 4.53. The molecule has 1 aromatic carbocycles. The number of hydrogen-bond acceptors (Lipinski definition) is 4. The van der Waals surface area contributed by atoms with Crippen molar-refractivity contribution in [1.82, 2.24) is 0 Å². The Kier molecular flexibility index (Phi) is 5.31. The zero-order valence-corrected chi connectivity index (χ0v) is 11.1. The summed E-state index contributed by atoms with van der Waals surface area (Å²) in [5.41, 5.74) is 1.00. The van der Waals surface area contributed by atoms with Gasteiger partial charge in [0.1, 0.15) is 18.1 Å². The molecule has 0 saturated heterocycles. The molecule has 2 aromatic rings. The molecular formula is C15H19NO3. The van der Waals surface area contributed by atoms with E-state index < -0.39 is 0 Å². The molecule has 0 saturated carbocycles. The Hall–Kier alpha value is -1.94. The fourth-order valence-corrected chi connectivity index (χ4v) is 1.66. The van der Waals surface area contributed by atoms with Crippen molar-refractivity contribution in [1.29, 1.82) is 0 Å². The number of rotatable bonds is 8. The van der Waals surface area contributed by atoms with Gasteiger partial charge in [-0.25, -0.2) is 0 Å². The van der Waals surface area contributed by atoms with Crippen LogP contribution in [0, 0.1) is 0 Å². The van der Waals surface area contributed by atoms with Crippen molar-refractivity contribution in [3.63, 3.8) is 0 Å². The lowest BCUT2D eigenvalue weighted by Crippen LogP contribution is -2.06. The van der Waals surface area contributed by atoms with Crippen molar-refractivity contribution in [2.24, 2.45) is 0 Å². The first-order valence-corrected chi connectivity index (χ1v) is 6.45. The van der Waals surface area contributed by atoms with Crippen LogP contribution in [0.5, 0.6) is 5.75 Å². The minimum Gasteiger partial charge on any atom is -0.491 e. The van der Waals surface area contributed by atoms with Crippen molar-refractivity contribution >= 4 is 5.69 Å². The highest BCUT2D eigenvalue weighted by Crippen LogP contribution is 2.18. The van der Waals surface area contributed by atoms with E-state index in [1.54, 1.807) is 6.26 Å². The van der Waals surface area contributed by atoms with Crippen LogP contribution in [0.1, 0.15) is 12.7 Å². The Morgan fingerprint density at radius 3 is 2.89 bits per heavy atom. The largest absolute Gasteiger partial charge is 0.491 e. The highest BCUT2D eigenvalue weighted by Gasteiger charge is 1.99. The molecule has 0 aliphatic heterocycles. The summed E-state index contributed by atoms with van der Waals surface area (Å²) in [7, 11) is 0. The van der Waals surface area contributed by atoms with Crippen LogP contribution >= 0.6 is 0 Å². The summed E-state index contributed by atoms with van der Waals surface area (Å²) in [5, 5.41) is 3.28. The third-order valence-corrected chi connectivity index (χ3v) is 2.58. The molecule has 0 radical (unpaired) electrons. The van der Waals surface area contributed by atoms with Gasteiger partial charge in [0.15, 0.2) is 0 Å². The summed E-state index contributed by atoms with van der Waals surface area (Å²) in [6, 6.07) is 11.7. The van der Waals surface area contributed by atoms with Crippen LogP contribution in [0.25, 0.3) is 0 Å². The van der Waals surface area contributed by atoms with E-state index in [-0.39, 0.29) is 0 Å². The molecule has 0 bridgehead atoms. The summed E-state index contributed by atoms with van der Waals surface area (Å²) < 4.78 is 16.1. The van der Waals surface area contributed by atoms with Crippen LogP contribution in [0.2, 0.25) is 0 Å². The van der Waals surface area contributed by atoms with Gasteiger partial charge in [0.05, 0.1) is 19.4 Å². The number of anilines is 1. The van der Waals surface area contributed by atoms with Gasteiger partial charge in [0, 0.05) is 18.4 Å². The maximum atomic E-state index is 5.60. The molecule has 0 unspecified atom stereocenters. The minimum absolute atomic E-state index is 0.565. The van der Waals surface area contributed by atoms with Gasteiger partial charge in [-0.15, -0.1) is 0 Å². The van der Waals surface area contributed by atoms with Gasteiger partial charge in [0.25, 0.3) is 0 Å². The van der Waals surface area contributed by atoms with E-state index in [0.717, 1.165) is 17.2 Å². The molecule has 1 N–H and O–H groups in total. The molecule has 0 fully saturated rings. The first-order chi connectivity index (χ1) is 9.38. The topological polar surface area (TPSA) is 43.6 Å². The molecule has 0 aliphatic carbocycles. The number of nitrogens with one attached hydrogen (secondary N) is 1. The molecular weight excluding hydrogens is 242 g/mol. The van der Waals surface area contributed by atoms with Crippen LogP contribution < -0.4 is 10.1 Å². The predicted molar refractivity (Wildman–Crippen MR) is 74.5 cm³/mol. The van der Waals surface area contributed by atoms with Crippen molar-refractivity contribution in [2.45, 2.75) is 13.5 Å².